The number of aryl methyl sites for hydroxylation is 1. The van der Waals surface area contributed by atoms with Gasteiger partial charge in [-0.25, -0.2) is 4.39 Å². The second-order valence-electron chi connectivity index (χ2n) is 6.79. The third-order valence-electron chi connectivity index (χ3n) is 5.11. The van der Waals surface area contributed by atoms with Crippen molar-refractivity contribution in [2.75, 3.05) is 31.1 Å². The largest absolute Gasteiger partial charge is 0.369 e. The van der Waals surface area contributed by atoms with Crippen LogP contribution in [-0.4, -0.2) is 43.0 Å². The smallest absolute Gasteiger partial charge is 0.237 e. The molecule has 1 fully saturated rings. The maximum Gasteiger partial charge on any atom is 0.237 e. The number of anilines is 1. The zero-order valence-electron chi connectivity index (χ0n) is 15.4. The molecule has 1 atom stereocenters. The van der Waals surface area contributed by atoms with Crippen LogP contribution < -0.4 is 10.2 Å². The highest BCUT2D eigenvalue weighted by Crippen LogP contribution is 2.21. The number of piperazine rings is 1. The van der Waals surface area contributed by atoms with Gasteiger partial charge in [0.1, 0.15) is 5.82 Å². The molecule has 0 spiro atoms. The number of benzene rings is 2. The summed E-state index contributed by atoms with van der Waals surface area (Å²) in [5.74, 6) is -0.343. The maximum atomic E-state index is 13.7. The normalized spacial score (nSPS) is 16.3. The van der Waals surface area contributed by atoms with Crippen LogP contribution in [0.2, 0.25) is 0 Å². The number of para-hydroxylation sites is 1. The number of hydrogen-bond donors (Lipinski definition) is 1. The predicted octanol–water partition coefficient (Wildman–Crippen LogP) is 2.96. The van der Waals surface area contributed by atoms with Gasteiger partial charge < -0.3 is 10.2 Å². The highest BCUT2D eigenvalue weighted by Gasteiger charge is 2.26. The lowest BCUT2D eigenvalue weighted by atomic mass is 10.1. The van der Waals surface area contributed by atoms with Crippen molar-refractivity contribution in [3.8, 4) is 0 Å². The van der Waals surface area contributed by atoms with Crippen LogP contribution in [-0.2, 0) is 11.3 Å². The van der Waals surface area contributed by atoms with E-state index in [0.717, 1.165) is 26.2 Å². The minimum absolute atomic E-state index is 0.0578. The van der Waals surface area contributed by atoms with E-state index in [2.05, 4.69) is 46.3 Å². The summed E-state index contributed by atoms with van der Waals surface area (Å²) in [6, 6.07) is 14.7. The van der Waals surface area contributed by atoms with Gasteiger partial charge in [-0.1, -0.05) is 36.4 Å². The van der Waals surface area contributed by atoms with Crippen LogP contribution >= 0.6 is 0 Å². The summed E-state index contributed by atoms with van der Waals surface area (Å²) in [7, 11) is 0. The summed E-state index contributed by atoms with van der Waals surface area (Å²) < 4.78 is 13.7. The lowest BCUT2D eigenvalue weighted by molar-refractivity contribution is -0.126. The van der Waals surface area contributed by atoms with Crippen molar-refractivity contribution < 1.29 is 9.18 Å². The fourth-order valence-corrected chi connectivity index (χ4v) is 3.41. The number of carbonyl (C=O) groups is 1. The minimum Gasteiger partial charge on any atom is -0.369 e. The molecule has 1 N–H and O–H groups in total. The van der Waals surface area contributed by atoms with Gasteiger partial charge in [0.15, 0.2) is 0 Å². The molecule has 1 heterocycles. The summed E-state index contributed by atoms with van der Waals surface area (Å²) in [5.41, 5.74) is 3.05. The van der Waals surface area contributed by atoms with E-state index in [1.54, 1.807) is 18.2 Å². The Morgan fingerprint density at radius 3 is 2.42 bits per heavy atom. The fourth-order valence-electron chi connectivity index (χ4n) is 3.41. The van der Waals surface area contributed by atoms with Gasteiger partial charge in [-0.05, 0) is 31.5 Å². The third kappa shape index (κ3) is 4.22. The highest BCUT2D eigenvalue weighted by atomic mass is 19.1. The molecule has 0 aromatic heterocycles. The average molecular weight is 355 g/mol. The summed E-state index contributed by atoms with van der Waals surface area (Å²) in [6.07, 6.45) is 0. The van der Waals surface area contributed by atoms with E-state index in [1.165, 1.54) is 17.3 Å². The standard InChI is InChI=1S/C21H26FN3O/c1-16-7-3-6-10-20(16)25-13-11-24(12-14-25)17(2)21(26)23-15-18-8-4-5-9-19(18)22/h3-10,17H,11-15H2,1-2H3,(H,23,26)/t17-/m0/s1. The van der Waals surface area contributed by atoms with Gasteiger partial charge in [0, 0.05) is 44.0 Å². The van der Waals surface area contributed by atoms with E-state index >= 15 is 0 Å². The molecule has 138 valence electrons. The Morgan fingerprint density at radius 1 is 1.08 bits per heavy atom. The predicted molar refractivity (Wildman–Crippen MR) is 103 cm³/mol. The monoisotopic (exact) mass is 355 g/mol. The van der Waals surface area contributed by atoms with Crippen molar-refractivity contribution in [1.82, 2.24) is 10.2 Å². The molecule has 0 radical (unpaired) electrons. The Kier molecular flexibility index (Phi) is 5.89. The average Bonchev–Trinajstić information content (AvgIpc) is 2.67. The van der Waals surface area contributed by atoms with Crippen LogP contribution in [0.15, 0.2) is 48.5 Å². The first kappa shape index (κ1) is 18.4. The first-order chi connectivity index (χ1) is 12.6. The molecule has 0 saturated carbocycles. The van der Waals surface area contributed by atoms with E-state index in [0.29, 0.717) is 5.56 Å². The second-order valence-corrected chi connectivity index (χ2v) is 6.79. The molecule has 4 nitrogen and oxygen atoms in total. The molecule has 26 heavy (non-hydrogen) atoms. The number of rotatable bonds is 5. The van der Waals surface area contributed by atoms with Gasteiger partial charge in [0.25, 0.3) is 0 Å². The third-order valence-corrected chi connectivity index (χ3v) is 5.11. The number of hydrogen-bond acceptors (Lipinski definition) is 3. The molecule has 0 bridgehead atoms. The quantitative estimate of drug-likeness (QED) is 0.896. The molecule has 2 aromatic rings. The van der Waals surface area contributed by atoms with Crippen LogP contribution in [0.25, 0.3) is 0 Å². The van der Waals surface area contributed by atoms with E-state index < -0.39 is 0 Å². The maximum absolute atomic E-state index is 13.7. The summed E-state index contributed by atoms with van der Waals surface area (Å²) >= 11 is 0. The van der Waals surface area contributed by atoms with Crippen molar-refractivity contribution >= 4 is 11.6 Å². The SMILES string of the molecule is Cc1ccccc1N1CCN([C@@H](C)C(=O)NCc2ccccc2F)CC1. The Morgan fingerprint density at radius 2 is 1.73 bits per heavy atom. The van der Waals surface area contributed by atoms with E-state index in [1.807, 2.05) is 6.92 Å². The molecule has 1 aliphatic heterocycles. The molecule has 1 saturated heterocycles. The number of carbonyl (C=O) groups excluding carboxylic acids is 1. The molecular formula is C21H26FN3O. The summed E-state index contributed by atoms with van der Waals surface area (Å²) in [6.45, 7) is 7.73. The molecule has 3 rings (SSSR count). The van der Waals surface area contributed by atoms with Gasteiger partial charge in [-0.3, -0.25) is 9.69 Å². The molecule has 0 aliphatic carbocycles. The Balaban J connectivity index is 1.51. The molecule has 0 unspecified atom stereocenters. The number of nitrogens with zero attached hydrogens (tertiary/aromatic N) is 2. The van der Waals surface area contributed by atoms with Crippen molar-refractivity contribution in [2.45, 2.75) is 26.4 Å². The molecule has 1 amide bonds. The van der Waals surface area contributed by atoms with Crippen LogP contribution in [0.1, 0.15) is 18.1 Å². The van der Waals surface area contributed by atoms with Crippen molar-refractivity contribution in [3.05, 3.63) is 65.5 Å². The van der Waals surface area contributed by atoms with E-state index in [-0.39, 0.29) is 24.3 Å². The fraction of sp³-hybridized carbons (Fsp3) is 0.381. The number of halogens is 1. The van der Waals surface area contributed by atoms with Gasteiger partial charge in [-0.15, -0.1) is 0 Å². The Bertz CT molecular complexity index is 756. The van der Waals surface area contributed by atoms with Crippen molar-refractivity contribution in [1.29, 1.82) is 0 Å². The van der Waals surface area contributed by atoms with Crippen LogP contribution in [0, 0.1) is 12.7 Å². The van der Waals surface area contributed by atoms with E-state index in [4.69, 9.17) is 0 Å². The van der Waals surface area contributed by atoms with Crippen molar-refractivity contribution in [3.63, 3.8) is 0 Å². The van der Waals surface area contributed by atoms with E-state index in [9.17, 15) is 9.18 Å². The summed E-state index contributed by atoms with van der Waals surface area (Å²) in [4.78, 5) is 17.0. The van der Waals surface area contributed by atoms with Gasteiger partial charge >= 0.3 is 0 Å². The molecular weight excluding hydrogens is 329 g/mol. The van der Waals surface area contributed by atoms with Gasteiger partial charge in [0.05, 0.1) is 6.04 Å². The molecule has 1 aliphatic rings. The lowest BCUT2D eigenvalue weighted by Gasteiger charge is -2.39. The lowest BCUT2D eigenvalue weighted by Crippen LogP contribution is -2.54. The Labute approximate surface area is 154 Å². The van der Waals surface area contributed by atoms with Gasteiger partial charge in [-0.2, -0.15) is 0 Å². The van der Waals surface area contributed by atoms with Crippen LogP contribution in [0.4, 0.5) is 10.1 Å². The first-order valence-electron chi connectivity index (χ1n) is 9.12. The number of nitrogens with one attached hydrogen (secondary N) is 1. The van der Waals surface area contributed by atoms with Gasteiger partial charge in [0.2, 0.25) is 5.91 Å². The zero-order valence-corrected chi connectivity index (χ0v) is 15.4. The first-order valence-corrected chi connectivity index (χ1v) is 9.12. The van der Waals surface area contributed by atoms with Crippen LogP contribution in [0.5, 0.6) is 0 Å². The van der Waals surface area contributed by atoms with Crippen molar-refractivity contribution in [2.24, 2.45) is 0 Å². The minimum atomic E-state index is -0.285. The molecule has 5 heteroatoms. The second kappa shape index (κ2) is 8.32. The topological polar surface area (TPSA) is 35.6 Å². The molecule has 2 aromatic carbocycles. The highest BCUT2D eigenvalue weighted by molar-refractivity contribution is 5.81. The Hall–Kier alpha value is -2.40. The zero-order chi connectivity index (χ0) is 18.5. The number of amides is 1. The summed E-state index contributed by atoms with van der Waals surface area (Å²) in [5, 5.41) is 2.85. The van der Waals surface area contributed by atoms with Crippen LogP contribution in [0.3, 0.4) is 0 Å².